The number of nitrogens with zero attached hydrogens (tertiary/aromatic N) is 1. The lowest BCUT2D eigenvalue weighted by Gasteiger charge is -2.28. The van der Waals surface area contributed by atoms with E-state index < -0.39 is 17.8 Å². The molecule has 0 fully saturated rings. The maximum absolute atomic E-state index is 12.4. The number of hydrogen-bond donors (Lipinski definition) is 1. The Morgan fingerprint density at radius 1 is 1.32 bits per heavy atom. The third kappa shape index (κ3) is 3.69. The first-order valence-corrected chi connectivity index (χ1v) is 5.70. The van der Waals surface area contributed by atoms with Crippen LogP contribution in [0, 0.1) is 11.3 Å². The Morgan fingerprint density at radius 3 is 2.32 bits per heavy atom. The van der Waals surface area contributed by atoms with Gasteiger partial charge in [-0.25, -0.2) is 0 Å². The number of rotatable bonds is 5. The van der Waals surface area contributed by atoms with Crippen LogP contribution in [0.15, 0.2) is 30.3 Å². The largest absolute Gasteiger partial charge is 0.414 e. The summed E-state index contributed by atoms with van der Waals surface area (Å²) in [4.78, 5) is 0. The topological polar surface area (TPSA) is 45.0 Å². The fourth-order valence-corrected chi connectivity index (χ4v) is 1.52. The Labute approximate surface area is 110 Å². The van der Waals surface area contributed by atoms with Gasteiger partial charge in [0.25, 0.3) is 0 Å². The molecular weight excluding hydrogens is 257 g/mol. The highest BCUT2D eigenvalue weighted by Gasteiger charge is 2.40. The van der Waals surface area contributed by atoms with Crippen LogP contribution in [0.3, 0.4) is 0 Å². The van der Waals surface area contributed by atoms with Crippen LogP contribution in [0.5, 0.6) is 0 Å². The van der Waals surface area contributed by atoms with E-state index in [2.05, 4.69) is 5.32 Å². The van der Waals surface area contributed by atoms with E-state index in [4.69, 9.17) is 4.74 Å². The van der Waals surface area contributed by atoms with Gasteiger partial charge in [-0.05, 0) is 19.5 Å². The average Bonchev–Trinajstić information content (AvgIpc) is 2.40. The van der Waals surface area contributed by atoms with Crippen LogP contribution in [-0.4, -0.2) is 25.9 Å². The van der Waals surface area contributed by atoms with Gasteiger partial charge in [-0.3, -0.25) is 5.32 Å². The smallest absolute Gasteiger partial charge is 0.366 e. The molecule has 0 aliphatic carbocycles. The summed E-state index contributed by atoms with van der Waals surface area (Å²) in [5.74, 6) is 0. The van der Waals surface area contributed by atoms with Crippen molar-refractivity contribution in [3.8, 4) is 6.07 Å². The Bertz CT molecular complexity index is 441. The molecule has 0 radical (unpaired) electrons. The van der Waals surface area contributed by atoms with E-state index in [1.54, 1.807) is 30.3 Å². The molecule has 0 amide bonds. The van der Waals surface area contributed by atoms with Crippen molar-refractivity contribution in [2.24, 2.45) is 0 Å². The molecule has 1 N–H and O–H groups in total. The summed E-state index contributed by atoms with van der Waals surface area (Å²) < 4.78 is 42.0. The number of benzene rings is 1. The molecule has 19 heavy (non-hydrogen) atoms. The lowest BCUT2D eigenvalue weighted by molar-refractivity contribution is -0.217. The van der Waals surface area contributed by atoms with Gasteiger partial charge >= 0.3 is 6.18 Å². The maximum Gasteiger partial charge on any atom is 0.414 e. The Morgan fingerprint density at radius 2 is 1.89 bits per heavy atom. The highest BCUT2D eigenvalue weighted by Crippen LogP contribution is 2.26. The van der Waals surface area contributed by atoms with Gasteiger partial charge in [-0.1, -0.05) is 30.3 Å². The maximum atomic E-state index is 12.4. The van der Waals surface area contributed by atoms with Gasteiger partial charge in [0.1, 0.15) is 0 Å². The quantitative estimate of drug-likeness (QED) is 0.896. The molecule has 1 rings (SSSR count). The first kappa shape index (κ1) is 15.5. The molecule has 0 spiro atoms. The average molecular weight is 272 g/mol. The van der Waals surface area contributed by atoms with E-state index in [0.717, 1.165) is 6.92 Å². The van der Waals surface area contributed by atoms with Gasteiger partial charge < -0.3 is 4.74 Å². The van der Waals surface area contributed by atoms with E-state index in [1.165, 1.54) is 7.05 Å². The summed E-state index contributed by atoms with van der Waals surface area (Å²) in [5, 5.41) is 12.0. The molecule has 2 atom stereocenters. The molecular formula is C13H15F3N2O. The predicted octanol–water partition coefficient (Wildman–Crippen LogP) is 2.59. The fourth-order valence-electron chi connectivity index (χ4n) is 1.52. The van der Waals surface area contributed by atoms with Gasteiger partial charge in [-0.15, -0.1) is 0 Å². The summed E-state index contributed by atoms with van der Waals surface area (Å²) >= 11 is 0. The van der Waals surface area contributed by atoms with Crippen LogP contribution in [0.2, 0.25) is 0 Å². The Balaban J connectivity index is 2.88. The van der Waals surface area contributed by atoms with Crippen molar-refractivity contribution in [1.29, 1.82) is 5.26 Å². The molecule has 1 aromatic rings. The number of ether oxygens (including phenoxy) is 1. The minimum atomic E-state index is -4.44. The van der Waals surface area contributed by atoms with Crippen LogP contribution < -0.4 is 5.32 Å². The molecule has 0 bridgehead atoms. The number of halogens is 3. The lowest BCUT2D eigenvalue weighted by Crippen LogP contribution is -2.45. The number of likely N-dealkylation sites (N-methyl/N-ethyl adjacent to an activating group) is 1. The van der Waals surface area contributed by atoms with Crippen molar-refractivity contribution in [3.63, 3.8) is 0 Å². The molecule has 0 aliphatic rings. The minimum absolute atomic E-state index is 0.384. The lowest BCUT2D eigenvalue weighted by atomic mass is 9.92. The van der Waals surface area contributed by atoms with Crippen LogP contribution in [0.1, 0.15) is 12.5 Å². The second-order valence-corrected chi connectivity index (χ2v) is 4.13. The van der Waals surface area contributed by atoms with Crippen molar-refractivity contribution in [1.82, 2.24) is 5.32 Å². The number of alkyl halides is 3. The summed E-state index contributed by atoms with van der Waals surface area (Å²) in [6, 6.07) is 10.5. The SMILES string of the molecule is CNC(C#N)(COC(C)C(F)(F)F)c1ccccc1. The summed E-state index contributed by atoms with van der Waals surface area (Å²) in [6.07, 6.45) is -6.36. The molecule has 0 saturated carbocycles. The predicted molar refractivity (Wildman–Crippen MR) is 64.3 cm³/mol. The molecule has 0 aromatic heterocycles. The molecule has 104 valence electrons. The first-order chi connectivity index (χ1) is 8.85. The van der Waals surface area contributed by atoms with E-state index in [0.29, 0.717) is 5.56 Å². The minimum Gasteiger partial charge on any atom is -0.366 e. The van der Waals surface area contributed by atoms with Crippen LogP contribution in [-0.2, 0) is 10.3 Å². The monoisotopic (exact) mass is 272 g/mol. The van der Waals surface area contributed by atoms with Gasteiger partial charge in [-0.2, -0.15) is 18.4 Å². The highest BCUT2D eigenvalue weighted by molar-refractivity contribution is 5.31. The summed E-state index contributed by atoms with van der Waals surface area (Å²) in [7, 11) is 1.51. The van der Waals surface area contributed by atoms with Gasteiger partial charge in [0, 0.05) is 0 Å². The zero-order valence-corrected chi connectivity index (χ0v) is 10.7. The second-order valence-electron chi connectivity index (χ2n) is 4.13. The van der Waals surface area contributed by atoms with Crippen LogP contribution in [0.4, 0.5) is 13.2 Å². The van der Waals surface area contributed by atoms with E-state index >= 15 is 0 Å². The van der Waals surface area contributed by atoms with Crippen LogP contribution in [0.25, 0.3) is 0 Å². The van der Waals surface area contributed by atoms with E-state index in [-0.39, 0.29) is 6.61 Å². The molecule has 3 nitrogen and oxygen atoms in total. The van der Waals surface area contributed by atoms with Crippen molar-refractivity contribution >= 4 is 0 Å². The van der Waals surface area contributed by atoms with Gasteiger partial charge in [0.15, 0.2) is 11.6 Å². The third-order valence-electron chi connectivity index (χ3n) is 2.90. The molecule has 0 aliphatic heterocycles. The standard InChI is InChI=1S/C13H15F3N2O/c1-10(13(14,15)16)19-9-12(8-17,18-2)11-6-4-3-5-7-11/h3-7,10,18H,9H2,1-2H3. The van der Waals surface area contributed by atoms with E-state index in [1.807, 2.05) is 6.07 Å². The molecule has 2 unspecified atom stereocenters. The highest BCUT2D eigenvalue weighted by atomic mass is 19.4. The Kier molecular flexibility index (Phi) is 4.92. The van der Waals surface area contributed by atoms with Crippen molar-refractivity contribution in [2.75, 3.05) is 13.7 Å². The van der Waals surface area contributed by atoms with Crippen molar-refractivity contribution < 1.29 is 17.9 Å². The fraction of sp³-hybridized carbons (Fsp3) is 0.462. The molecule has 0 heterocycles. The van der Waals surface area contributed by atoms with E-state index in [9.17, 15) is 18.4 Å². The molecule has 1 aromatic carbocycles. The third-order valence-corrected chi connectivity index (χ3v) is 2.90. The van der Waals surface area contributed by atoms with Gasteiger partial charge in [0.2, 0.25) is 0 Å². The zero-order valence-electron chi connectivity index (χ0n) is 10.7. The summed E-state index contributed by atoms with van der Waals surface area (Å²) in [6.45, 7) is 0.535. The molecule has 0 saturated heterocycles. The number of nitrogens with one attached hydrogen (secondary N) is 1. The number of nitriles is 1. The van der Waals surface area contributed by atoms with Crippen LogP contribution >= 0.6 is 0 Å². The summed E-state index contributed by atoms with van der Waals surface area (Å²) in [5.41, 5.74) is -0.727. The van der Waals surface area contributed by atoms with Crippen molar-refractivity contribution in [2.45, 2.75) is 24.7 Å². The second kappa shape index (κ2) is 6.04. The van der Waals surface area contributed by atoms with Crippen molar-refractivity contribution in [3.05, 3.63) is 35.9 Å². The normalized spacial score (nSPS) is 16.4. The number of hydrogen-bond acceptors (Lipinski definition) is 3. The van der Waals surface area contributed by atoms with Gasteiger partial charge in [0.05, 0.1) is 12.7 Å². The Hall–Kier alpha value is -1.58. The first-order valence-electron chi connectivity index (χ1n) is 5.70. The molecule has 6 heteroatoms. The zero-order chi connectivity index (χ0) is 14.5.